The molecule has 0 unspecified atom stereocenters. The fourth-order valence-electron chi connectivity index (χ4n) is 4.20. The van der Waals surface area contributed by atoms with Crippen LogP contribution in [0, 0.1) is 6.92 Å². The Bertz CT molecular complexity index is 1310. The molecule has 0 aliphatic rings. The highest BCUT2D eigenvalue weighted by molar-refractivity contribution is 6.08. The van der Waals surface area contributed by atoms with Crippen LogP contribution in [-0.2, 0) is 11.2 Å². The van der Waals surface area contributed by atoms with Crippen molar-refractivity contribution in [2.45, 2.75) is 39.5 Å². The number of unbranched alkanes of at least 4 members (excludes halogenated alkanes) is 1. The molecule has 3 aromatic carbocycles. The summed E-state index contributed by atoms with van der Waals surface area (Å²) in [6.07, 6.45) is 4.11. The SMILES string of the molecule is CCCCN(C(=O)c1ccccc1)c1cc(C)c(CCC(=O)O)cc1-c1ccc2[nH]ncc2c1. The number of amides is 1. The van der Waals surface area contributed by atoms with Gasteiger partial charge in [-0.1, -0.05) is 37.6 Å². The summed E-state index contributed by atoms with van der Waals surface area (Å²) in [5, 5.41) is 17.3. The van der Waals surface area contributed by atoms with Crippen LogP contribution >= 0.6 is 0 Å². The Hall–Kier alpha value is -3.93. The molecular formula is C28H29N3O3. The second kappa shape index (κ2) is 10.3. The number of aromatic amines is 1. The predicted octanol–water partition coefficient (Wildman–Crippen LogP) is 6.00. The number of anilines is 1. The van der Waals surface area contributed by atoms with Gasteiger partial charge >= 0.3 is 5.97 Å². The number of carbonyl (C=O) groups is 2. The van der Waals surface area contributed by atoms with E-state index < -0.39 is 5.97 Å². The van der Waals surface area contributed by atoms with Crippen LogP contribution in [-0.4, -0.2) is 33.7 Å². The molecule has 0 aliphatic carbocycles. The molecule has 4 rings (SSSR count). The summed E-state index contributed by atoms with van der Waals surface area (Å²) in [5.74, 6) is -0.869. The maximum Gasteiger partial charge on any atom is 0.303 e. The summed E-state index contributed by atoms with van der Waals surface area (Å²) in [6, 6.07) is 19.5. The van der Waals surface area contributed by atoms with Crippen LogP contribution in [0.1, 0.15) is 47.7 Å². The second-order valence-electron chi connectivity index (χ2n) is 8.54. The van der Waals surface area contributed by atoms with E-state index in [0.29, 0.717) is 18.5 Å². The molecule has 0 spiro atoms. The number of aromatic nitrogens is 2. The standard InChI is InChI=1S/C28H29N3O3/c1-3-4-14-31(28(34)20-8-6-5-7-9-20)26-15-19(2)21(11-13-27(32)33)17-24(26)22-10-12-25-23(16-22)18-29-30-25/h5-10,12,15-18H,3-4,11,13-14H2,1-2H3,(H,29,30)(H,32,33). The number of nitrogens with one attached hydrogen (secondary N) is 1. The van der Waals surface area contributed by atoms with Crippen molar-refractivity contribution in [2.75, 3.05) is 11.4 Å². The normalized spacial score (nSPS) is 11.0. The highest BCUT2D eigenvalue weighted by Crippen LogP contribution is 2.36. The average Bonchev–Trinajstić information content (AvgIpc) is 3.32. The molecule has 2 N–H and O–H groups in total. The number of aryl methyl sites for hydroxylation is 2. The van der Waals surface area contributed by atoms with Crippen molar-refractivity contribution < 1.29 is 14.7 Å². The lowest BCUT2D eigenvalue weighted by Crippen LogP contribution is -2.32. The topological polar surface area (TPSA) is 86.3 Å². The summed E-state index contributed by atoms with van der Waals surface area (Å²) in [4.78, 5) is 26.7. The number of hydrogen-bond donors (Lipinski definition) is 2. The van der Waals surface area contributed by atoms with Gasteiger partial charge in [-0.25, -0.2) is 0 Å². The first-order chi connectivity index (χ1) is 16.5. The minimum atomic E-state index is -0.825. The third-order valence-electron chi connectivity index (χ3n) is 6.11. The Morgan fingerprint density at radius 1 is 1.06 bits per heavy atom. The van der Waals surface area contributed by atoms with Crippen molar-refractivity contribution in [3.8, 4) is 11.1 Å². The summed E-state index contributed by atoms with van der Waals surface area (Å²) in [7, 11) is 0. The van der Waals surface area contributed by atoms with Crippen LogP contribution < -0.4 is 4.90 Å². The summed E-state index contributed by atoms with van der Waals surface area (Å²) < 4.78 is 0. The number of aliphatic carboxylic acids is 1. The molecule has 34 heavy (non-hydrogen) atoms. The monoisotopic (exact) mass is 455 g/mol. The lowest BCUT2D eigenvalue weighted by molar-refractivity contribution is -0.136. The predicted molar refractivity (Wildman–Crippen MR) is 135 cm³/mol. The number of carbonyl (C=O) groups excluding carboxylic acids is 1. The number of nitrogens with zero attached hydrogens (tertiary/aromatic N) is 2. The van der Waals surface area contributed by atoms with Gasteiger partial charge in [0.25, 0.3) is 5.91 Å². The number of benzene rings is 3. The molecule has 0 radical (unpaired) electrons. The molecule has 4 aromatic rings. The number of carboxylic acids is 1. The third-order valence-corrected chi connectivity index (χ3v) is 6.11. The molecule has 1 heterocycles. The zero-order valence-electron chi connectivity index (χ0n) is 19.5. The van der Waals surface area contributed by atoms with Gasteiger partial charge in [0.1, 0.15) is 0 Å². The van der Waals surface area contributed by atoms with Crippen molar-refractivity contribution in [1.29, 1.82) is 0 Å². The molecule has 0 bridgehead atoms. The van der Waals surface area contributed by atoms with Crippen LogP contribution in [0.5, 0.6) is 0 Å². The third kappa shape index (κ3) is 5.01. The Kier molecular flexibility index (Phi) is 7.07. The molecule has 0 fully saturated rings. The lowest BCUT2D eigenvalue weighted by atomic mass is 9.93. The Morgan fingerprint density at radius 3 is 2.59 bits per heavy atom. The van der Waals surface area contributed by atoms with Gasteiger partial charge in [-0.15, -0.1) is 0 Å². The number of fused-ring (bicyclic) bond motifs is 1. The van der Waals surface area contributed by atoms with E-state index in [1.165, 1.54) is 0 Å². The fraction of sp³-hybridized carbons (Fsp3) is 0.250. The average molecular weight is 456 g/mol. The quantitative estimate of drug-likeness (QED) is 0.324. The molecule has 1 aromatic heterocycles. The molecule has 6 nitrogen and oxygen atoms in total. The van der Waals surface area contributed by atoms with E-state index in [1.807, 2.05) is 66.4 Å². The first kappa shape index (κ1) is 23.2. The van der Waals surface area contributed by atoms with Gasteiger partial charge in [0.2, 0.25) is 0 Å². The number of carboxylic acid groups (broad SMARTS) is 1. The Labute approximate surface area is 199 Å². The molecule has 0 saturated heterocycles. The molecule has 1 amide bonds. The van der Waals surface area contributed by atoms with Gasteiger partial charge in [0.15, 0.2) is 0 Å². The molecule has 0 saturated carbocycles. The summed E-state index contributed by atoms with van der Waals surface area (Å²) in [6.45, 7) is 4.69. The Morgan fingerprint density at radius 2 is 1.85 bits per heavy atom. The van der Waals surface area contributed by atoms with E-state index in [9.17, 15) is 14.7 Å². The number of hydrogen-bond acceptors (Lipinski definition) is 3. The summed E-state index contributed by atoms with van der Waals surface area (Å²) >= 11 is 0. The van der Waals surface area contributed by atoms with E-state index in [1.54, 1.807) is 6.20 Å². The van der Waals surface area contributed by atoms with E-state index in [0.717, 1.165) is 51.7 Å². The highest BCUT2D eigenvalue weighted by Gasteiger charge is 2.22. The van der Waals surface area contributed by atoms with Crippen molar-refractivity contribution in [2.24, 2.45) is 0 Å². The van der Waals surface area contributed by atoms with Gasteiger partial charge in [0, 0.05) is 29.5 Å². The maximum absolute atomic E-state index is 13.7. The highest BCUT2D eigenvalue weighted by atomic mass is 16.4. The van der Waals surface area contributed by atoms with E-state index in [4.69, 9.17) is 0 Å². The molecule has 174 valence electrons. The fourth-order valence-corrected chi connectivity index (χ4v) is 4.20. The lowest BCUT2D eigenvalue weighted by Gasteiger charge is -2.27. The van der Waals surface area contributed by atoms with Crippen LogP contribution in [0.4, 0.5) is 5.69 Å². The molecular weight excluding hydrogens is 426 g/mol. The molecule has 6 heteroatoms. The van der Waals surface area contributed by atoms with E-state index in [2.05, 4.69) is 23.2 Å². The van der Waals surface area contributed by atoms with Crippen LogP contribution in [0.15, 0.2) is 66.9 Å². The van der Waals surface area contributed by atoms with Gasteiger partial charge < -0.3 is 10.0 Å². The van der Waals surface area contributed by atoms with Crippen molar-refractivity contribution in [1.82, 2.24) is 10.2 Å². The van der Waals surface area contributed by atoms with Crippen LogP contribution in [0.2, 0.25) is 0 Å². The van der Waals surface area contributed by atoms with E-state index >= 15 is 0 Å². The first-order valence-corrected chi connectivity index (χ1v) is 11.6. The molecule has 0 aliphatic heterocycles. The van der Waals surface area contributed by atoms with Crippen molar-refractivity contribution >= 4 is 28.5 Å². The van der Waals surface area contributed by atoms with Crippen LogP contribution in [0.3, 0.4) is 0 Å². The minimum Gasteiger partial charge on any atom is -0.481 e. The number of rotatable bonds is 9. The zero-order valence-corrected chi connectivity index (χ0v) is 19.5. The van der Waals surface area contributed by atoms with Gasteiger partial charge in [0.05, 0.1) is 17.4 Å². The second-order valence-corrected chi connectivity index (χ2v) is 8.54. The maximum atomic E-state index is 13.7. The van der Waals surface area contributed by atoms with Gasteiger partial charge in [-0.2, -0.15) is 5.10 Å². The van der Waals surface area contributed by atoms with Crippen molar-refractivity contribution in [3.05, 3.63) is 83.6 Å². The Balaban J connectivity index is 1.87. The van der Waals surface area contributed by atoms with Crippen molar-refractivity contribution in [3.63, 3.8) is 0 Å². The molecule has 0 atom stereocenters. The first-order valence-electron chi connectivity index (χ1n) is 11.6. The largest absolute Gasteiger partial charge is 0.481 e. The minimum absolute atomic E-state index is 0.0441. The smallest absolute Gasteiger partial charge is 0.303 e. The van der Waals surface area contributed by atoms with Gasteiger partial charge in [-0.3, -0.25) is 14.7 Å². The van der Waals surface area contributed by atoms with E-state index in [-0.39, 0.29) is 12.3 Å². The van der Waals surface area contributed by atoms with Crippen LogP contribution in [0.25, 0.3) is 22.0 Å². The number of H-pyrrole nitrogens is 1. The summed E-state index contributed by atoms with van der Waals surface area (Å²) in [5.41, 5.74) is 6.23. The van der Waals surface area contributed by atoms with Gasteiger partial charge in [-0.05, 0) is 72.9 Å². The zero-order chi connectivity index (χ0) is 24.1.